The van der Waals surface area contributed by atoms with E-state index in [2.05, 4.69) is 19.2 Å². The number of nitrogens with one attached hydrogen (secondary N) is 1. The second kappa shape index (κ2) is 9.45. The van der Waals surface area contributed by atoms with Gasteiger partial charge in [-0.2, -0.15) is 17.0 Å². The topological polar surface area (TPSA) is 79.0 Å². The van der Waals surface area contributed by atoms with Crippen LogP contribution in [0.3, 0.4) is 0 Å². The highest BCUT2D eigenvalue weighted by Gasteiger charge is 2.38. The van der Waals surface area contributed by atoms with Crippen molar-refractivity contribution in [3.05, 3.63) is 29.8 Å². The molecule has 0 aromatic heterocycles. The fourth-order valence-corrected chi connectivity index (χ4v) is 6.38. The third kappa shape index (κ3) is 5.49. The van der Waals surface area contributed by atoms with Crippen molar-refractivity contribution < 1.29 is 17.9 Å². The Morgan fingerprint density at radius 1 is 1.17 bits per heavy atom. The van der Waals surface area contributed by atoms with Gasteiger partial charge in [0.05, 0.1) is 13.0 Å². The van der Waals surface area contributed by atoms with Gasteiger partial charge in [0.15, 0.2) is 0 Å². The number of benzene rings is 1. The van der Waals surface area contributed by atoms with Gasteiger partial charge in [0.25, 0.3) is 10.2 Å². The number of hydrogen-bond acceptors (Lipinski definition) is 4. The lowest BCUT2D eigenvalue weighted by atomic mass is 9.94. The van der Waals surface area contributed by atoms with Crippen molar-refractivity contribution in [2.45, 2.75) is 39.7 Å². The number of rotatable bonds is 6. The lowest BCUT2D eigenvalue weighted by Crippen LogP contribution is -2.53. The Balaban J connectivity index is 1.59. The number of methoxy groups -OCH3 is 1. The van der Waals surface area contributed by atoms with E-state index in [0.717, 1.165) is 17.7 Å². The minimum Gasteiger partial charge on any atom is -0.497 e. The maximum Gasteiger partial charge on any atom is 0.282 e. The van der Waals surface area contributed by atoms with Crippen molar-refractivity contribution in [2.75, 3.05) is 33.3 Å². The quantitative estimate of drug-likeness (QED) is 0.761. The minimum atomic E-state index is -3.52. The lowest BCUT2D eigenvalue weighted by molar-refractivity contribution is -0.126. The van der Waals surface area contributed by atoms with Gasteiger partial charge < -0.3 is 10.1 Å². The van der Waals surface area contributed by atoms with Crippen molar-refractivity contribution in [3.63, 3.8) is 0 Å². The molecule has 2 fully saturated rings. The zero-order valence-electron chi connectivity index (χ0n) is 17.6. The monoisotopic (exact) mass is 423 g/mol. The Labute approximate surface area is 174 Å². The third-order valence-electron chi connectivity index (χ3n) is 5.84. The predicted octanol–water partition coefficient (Wildman–Crippen LogP) is 2.25. The molecular formula is C21H33N3O4S. The van der Waals surface area contributed by atoms with Gasteiger partial charge in [-0.15, -0.1) is 0 Å². The first-order valence-corrected chi connectivity index (χ1v) is 11.8. The zero-order chi connectivity index (χ0) is 21.0. The fraction of sp³-hybridized carbons (Fsp3) is 0.667. The number of piperidine rings is 2. The molecule has 0 aliphatic carbocycles. The molecule has 1 amide bonds. The van der Waals surface area contributed by atoms with Gasteiger partial charge >= 0.3 is 0 Å². The van der Waals surface area contributed by atoms with Gasteiger partial charge in [-0.3, -0.25) is 4.79 Å². The molecule has 0 bridgehead atoms. The molecule has 2 saturated heterocycles. The maximum absolute atomic E-state index is 13.2. The molecule has 1 N–H and O–H groups in total. The summed E-state index contributed by atoms with van der Waals surface area (Å²) in [6, 6.07) is 7.56. The molecule has 2 aliphatic rings. The Kier molecular flexibility index (Phi) is 7.19. The molecule has 2 aliphatic heterocycles. The first kappa shape index (κ1) is 22.1. The van der Waals surface area contributed by atoms with Crippen LogP contribution in [0.2, 0.25) is 0 Å². The summed E-state index contributed by atoms with van der Waals surface area (Å²) < 4.78 is 34.6. The summed E-state index contributed by atoms with van der Waals surface area (Å²) in [6.07, 6.45) is 2.47. The fourth-order valence-electron chi connectivity index (χ4n) is 4.44. The standard InChI is InChI=1S/C21H33N3O4S/c1-16-10-17(2)14-24(13-16)29(26,27)23-9-5-7-19(15-23)21(25)22-12-18-6-4-8-20(11-18)28-3/h4,6,8,11,16-17,19H,5,7,9-10,12-15H2,1-3H3,(H,22,25)/t16-,17-,19+/m0/s1. The van der Waals surface area contributed by atoms with Crippen molar-refractivity contribution in [1.29, 1.82) is 0 Å². The average Bonchev–Trinajstić information content (AvgIpc) is 2.71. The number of nitrogens with zero attached hydrogens (tertiary/aromatic N) is 2. The predicted molar refractivity (Wildman–Crippen MR) is 113 cm³/mol. The highest BCUT2D eigenvalue weighted by atomic mass is 32.2. The summed E-state index contributed by atoms with van der Waals surface area (Å²) >= 11 is 0. The van der Waals surface area contributed by atoms with Crippen LogP contribution in [0.5, 0.6) is 5.75 Å². The Hall–Kier alpha value is -1.64. The molecule has 3 rings (SSSR count). The molecule has 0 saturated carbocycles. The third-order valence-corrected chi connectivity index (χ3v) is 7.78. The van der Waals surface area contributed by atoms with Crippen LogP contribution in [0, 0.1) is 17.8 Å². The van der Waals surface area contributed by atoms with E-state index in [4.69, 9.17) is 4.74 Å². The van der Waals surface area contributed by atoms with Crippen LogP contribution in [-0.4, -0.2) is 56.2 Å². The van der Waals surface area contributed by atoms with Crippen LogP contribution in [0.25, 0.3) is 0 Å². The van der Waals surface area contributed by atoms with E-state index in [1.807, 2.05) is 24.3 Å². The van der Waals surface area contributed by atoms with Gasteiger partial charge in [0, 0.05) is 32.7 Å². The Bertz CT molecular complexity index is 804. The van der Waals surface area contributed by atoms with Gasteiger partial charge in [0.2, 0.25) is 5.91 Å². The van der Waals surface area contributed by atoms with Crippen LogP contribution < -0.4 is 10.1 Å². The number of hydrogen-bond donors (Lipinski definition) is 1. The van der Waals surface area contributed by atoms with Crippen LogP contribution in [0.1, 0.15) is 38.7 Å². The van der Waals surface area contributed by atoms with Gasteiger partial charge in [-0.05, 0) is 48.8 Å². The molecule has 1 aromatic carbocycles. The van der Waals surface area contributed by atoms with E-state index in [0.29, 0.717) is 50.9 Å². The summed E-state index contributed by atoms with van der Waals surface area (Å²) in [5, 5.41) is 2.96. The Morgan fingerprint density at radius 3 is 2.59 bits per heavy atom. The second-order valence-electron chi connectivity index (χ2n) is 8.54. The summed E-state index contributed by atoms with van der Waals surface area (Å²) in [4.78, 5) is 12.7. The van der Waals surface area contributed by atoms with E-state index in [-0.39, 0.29) is 18.4 Å². The number of ether oxygens (including phenoxy) is 1. The van der Waals surface area contributed by atoms with Crippen LogP contribution in [-0.2, 0) is 21.5 Å². The highest BCUT2D eigenvalue weighted by Crippen LogP contribution is 2.27. The number of amides is 1. The van der Waals surface area contributed by atoms with Crippen molar-refractivity contribution in [1.82, 2.24) is 13.9 Å². The van der Waals surface area contributed by atoms with E-state index < -0.39 is 10.2 Å². The van der Waals surface area contributed by atoms with Gasteiger partial charge in [-0.25, -0.2) is 0 Å². The average molecular weight is 424 g/mol. The highest BCUT2D eigenvalue weighted by molar-refractivity contribution is 7.86. The molecule has 1 aromatic rings. The summed E-state index contributed by atoms with van der Waals surface area (Å²) in [7, 11) is -1.91. The van der Waals surface area contributed by atoms with Crippen molar-refractivity contribution in [3.8, 4) is 5.75 Å². The second-order valence-corrected chi connectivity index (χ2v) is 10.5. The number of carbonyl (C=O) groups is 1. The van der Waals surface area contributed by atoms with Gasteiger partial charge in [0.1, 0.15) is 5.75 Å². The maximum atomic E-state index is 13.2. The van der Waals surface area contributed by atoms with E-state index in [1.165, 1.54) is 4.31 Å². The lowest BCUT2D eigenvalue weighted by Gasteiger charge is -2.39. The summed E-state index contributed by atoms with van der Waals surface area (Å²) in [5.74, 6) is 1.06. The zero-order valence-corrected chi connectivity index (χ0v) is 18.5. The largest absolute Gasteiger partial charge is 0.497 e. The van der Waals surface area contributed by atoms with E-state index in [9.17, 15) is 13.2 Å². The Morgan fingerprint density at radius 2 is 1.90 bits per heavy atom. The normalized spacial score (nSPS) is 26.8. The van der Waals surface area contributed by atoms with Crippen LogP contribution in [0.4, 0.5) is 0 Å². The molecule has 2 heterocycles. The number of carbonyl (C=O) groups excluding carboxylic acids is 1. The first-order valence-electron chi connectivity index (χ1n) is 10.5. The van der Waals surface area contributed by atoms with Crippen molar-refractivity contribution >= 4 is 16.1 Å². The molecule has 0 unspecified atom stereocenters. The molecule has 0 spiro atoms. The summed E-state index contributed by atoms with van der Waals surface area (Å²) in [6.45, 7) is 6.48. The molecule has 7 nitrogen and oxygen atoms in total. The van der Waals surface area contributed by atoms with E-state index >= 15 is 0 Å². The molecule has 3 atom stereocenters. The molecule has 8 heteroatoms. The smallest absolute Gasteiger partial charge is 0.282 e. The van der Waals surface area contributed by atoms with Gasteiger partial charge in [-0.1, -0.05) is 26.0 Å². The first-order chi connectivity index (χ1) is 13.8. The molecule has 29 heavy (non-hydrogen) atoms. The molecule has 162 valence electrons. The van der Waals surface area contributed by atoms with E-state index in [1.54, 1.807) is 11.4 Å². The van der Waals surface area contributed by atoms with Crippen LogP contribution >= 0.6 is 0 Å². The molecule has 0 radical (unpaired) electrons. The van der Waals surface area contributed by atoms with Crippen LogP contribution in [0.15, 0.2) is 24.3 Å². The van der Waals surface area contributed by atoms with Crippen molar-refractivity contribution in [2.24, 2.45) is 17.8 Å². The minimum absolute atomic E-state index is 0.0897. The SMILES string of the molecule is COc1cccc(CNC(=O)[C@@H]2CCCN(S(=O)(=O)N3C[C@@H](C)C[C@H](C)C3)C2)c1. The molecular weight excluding hydrogens is 390 g/mol. The summed E-state index contributed by atoms with van der Waals surface area (Å²) in [5.41, 5.74) is 0.953.